The SMILES string of the molecule is COc1cc2c(cc1OC)CN(CCCNC(=O)/C(=N/O)C(C)=O)CC2. The number of Topliss-reactive ketones (excluding diaryl/α,β-unsaturated/α-hetero) is 1. The van der Waals surface area contributed by atoms with E-state index in [0.29, 0.717) is 6.54 Å². The number of ketones is 1. The second kappa shape index (κ2) is 9.19. The standard InChI is InChI=1S/C18H25N3O5/c1-12(22)17(20-24)18(23)19-6-4-7-21-8-5-13-9-15(25-2)16(26-3)10-14(13)11-21/h9-10,24H,4-8,11H2,1-3H3,(H,19,23)/b20-17+. The highest BCUT2D eigenvalue weighted by Crippen LogP contribution is 2.33. The summed E-state index contributed by atoms with van der Waals surface area (Å²) in [5, 5.41) is 14.0. The van der Waals surface area contributed by atoms with Crippen molar-refractivity contribution >= 4 is 17.4 Å². The van der Waals surface area contributed by atoms with Gasteiger partial charge in [0.2, 0.25) is 5.71 Å². The lowest BCUT2D eigenvalue weighted by Crippen LogP contribution is -2.37. The van der Waals surface area contributed by atoms with E-state index in [2.05, 4.69) is 15.4 Å². The largest absolute Gasteiger partial charge is 0.493 e. The molecule has 2 rings (SSSR count). The minimum Gasteiger partial charge on any atom is -0.493 e. The molecule has 0 radical (unpaired) electrons. The molecule has 0 fully saturated rings. The van der Waals surface area contributed by atoms with Crippen LogP contribution in [0.2, 0.25) is 0 Å². The Morgan fingerprint density at radius 3 is 2.46 bits per heavy atom. The fraction of sp³-hybridized carbons (Fsp3) is 0.500. The van der Waals surface area contributed by atoms with E-state index in [9.17, 15) is 9.59 Å². The second-order valence-corrected chi connectivity index (χ2v) is 6.12. The predicted molar refractivity (Wildman–Crippen MR) is 96.1 cm³/mol. The van der Waals surface area contributed by atoms with Crippen LogP contribution in [0.4, 0.5) is 0 Å². The number of fused-ring (bicyclic) bond motifs is 1. The molecule has 0 aromatic heterocycles. The smallest absolute Gasteiger partial charge is 0.277 e. The molecular formula is C18H25N3O5. The molecular weight excluding hydrogens is 338 g/mol. The van der Waals surface area contributed by atoms with E-state index in [1.807, 2.05) is 12.1 Å². The summed E-state index contributed by atoms with van der Waals surface area (Å²) >= 11 is 0. The van der Waals surface area contributed by atoms with Gasteiger partial charge in [0.25, 0.3) is 5.91 Å². The van der Waals surface area contributed by atoms with E-state index in [0.717, 1.165) is 44.0 Å². The van der Waals surface area contributed by atoms with Gasteiger partial charge in [0.05, 0.1) is 14.2 Å². The van der Waals surface area contributed by atoms with Gasteiger partial charge in [-0.1, -0.05) is 5.16 Å². The number of carbonyl (C=O) groups excluding carboxylic acids is 2. The number of hydrogen-bond acceptors (Lipinski definition) is 7. The summed E-state index contributed by atoms with van der Waals surface area (Å²) in [6.07, 6.45) is 1.65. The Hall–Kier alpha value is -2.61. The summed E-state index contributed by atoms with van der Waals surface area (Å²) in [5.41, 5.74) is 2.00. The topological polar surface area (TPSA) is 100 Å². The molecule has 0 bridgehead atoms. The molecule has 2 N–H and O–H groups in total. The van der Waals surface area contributed by atoms with Crippen molar-refractivity contribution in [2.45, 2.75) is 26.3 Å². The highest BCUT2D eigenvalue weighted by molar-refractivity contribution is 6.65. The minimum atomic E-state index is -0.652. The monoisotopic (exact) mass is 363 g/mol. The van der Waals surface area contributed by atoms with Gasteiger partial charge in [0.1, 0.15) is 0 Å². The zero-order chi connectivity index (χ0) is 19.1. The third-order valence-corrected chi connectivity index (χ3v) is 4.38. The average molecular weight is 363 g/mol. The molecule has 1 aromatic rings. The summed E-state index contributed by atoms with van der Waals surface area (Å²) in [7, 11) is 3.26. The van der Waals surface area contributed by atoms with Crippen LogP contribution in [0.25, 0.3) is 0 Å². The highest BCUT2D eigenvalue weighted by atomic mass is 16.5. The van der Waals surface area contributed by atoms with Gasteiger partial charge in [-0.15, -0.1) is 0 Å². The molecule has 0 saturated carbocycles. The summed E-state index contributed by atoms with van der Waals surface area (Å²) in [4.78, 5) is 25.1. The van der Waals surface area contributed by atoms with Crippen LogP contribution in [-0.2, 0) is 22.6 Å². The number of rotatable bonds is 8. The Kier molecular flexibility index (Phi) is 6.97. The maximum Gasteiger partial charge on any atom is 0.277 e. The van der Waals surface area contributed by atoms with Gasteiger partial charge in [0, 0.05) is 33.1 Å². The number of carbonyl (C=O) groups is 2. The maximum absolute atomic E-state index is 11.7. The van der Waals surface area contributed by atoms with E-state index in [-0.39, 0.29) is 0 Å². The lowest BCUT2D eigenvalue weighted by Gasteiger charge is -2.29. The molecule has 1 aliphatic heterocycles. The fourth-order valence-corrected chi connectivity index (χ4v) is 3.00. The molecule has 1 amide bonds. The first-order valence-electron chi connectivity index (χ1n) is 8.47. The number of nitrogens with one attached hydrogen (secondary N) is 1. The molecule has 0 atom stereocenters. The van der Waals surface area contributed by atoms with Crippen LogP contribution in [0.15, 0.2) is 17.3 Å². The van der Waals surface area contributed by atoms with Crippen LogP contribution >= 0.6 is 0 Å². The van der Waals surface area contributed by atoms with Crippen LogP contribution in [0.3, 0.4) is 0 Å². The van der Waals surface area contributed by atoms with Crippen LogP contribution in [0.5, 0.6) is 11.5 Å². The lowest BCUT2D eigenvalue weighted by atomic mass is 9.98. The number of hydrogen-bond donors (Lipinski definition) is 2. The van der Waals surface area contributed by atoms with Gasteiger partial charge in [0.15, 0.2) is 17.3 Å². The number of benzene rings is 1. The molecule has 1 heterocycles. The molecule has 8 nitrogen and oxygen atoms in total. The van der Waals surface area contributed by atoms with Crippen molar-refractivity contribution in [3.63, 3.8) is 0 Å². The van der Waals surface area contributed by atoms with E-state index in [1.54, 1.807) is 14.2 Å². The summed E-state index contributed by atoms with van der Waals surface area (Å²) in [6, 6.07) is 4.04. The highest BCUT2D eigenvalue weighted by Gasteiger charge is 2.20. The summed E-state index contributed by atoms with van der Waals surface area (Å²) < 4.78 is 10.7. The third-order valence-electron chi connectivity index (χ3n) is 4.38. The van der Waals surface area contributed by atoms with Crippen molar-refractivity contribution in [3.8, 4) is 11.5 Å². The first kappa shape index (κ1) is 19.7. The Balaban J connectivity index is 1.84. The first-order valence-corrected chi connectivity index (χ1v) is 8.47. The van der Waals surface area contributed by atoms with E-state index >= 15 is 0 Å². The van der Waals surface area contributed by atoms with Gasteiger partial charge in [-0.05, 0) is 36.1 Å². The lowest BCUT2D eigenvalue weighted by molar-refractivity contribution is -0.117. The zero-order valence-corrected chi connectivity index (χ0v) is 15.4. The Morgan fingerprint density at radius 2 is 1.88 bits per heavy atom. The maximum atomic E-state index is 11.7. The van der Waals surface area contributed by atoms with Crippen LogP contribution in [0, 0.1) is 0 Å². The molecule has 142 valence electrons. The number of nitrogens with zero attached hydrogens (tertiary/aromatic N) is 2. The van der Waals surface area contributed by atoms with Crippen molar-refractivity contribution in [2.75, 3.05) is 33.9 Å². The molecule has 26 heavy (non-hydrogen) atoms. The van der Waals surface area contributed by atoms with Crippen molar-refractivity contribution in [3.05, 3.63) is 23.3 Å². The van der Waals surface area contributed by atoms with Crippen molar-refractivity contribution in [2.24, 2.45) is 5.16 Å². The molecule has 1 aromatic carbocycles. The zero-order valence-electron chi connectivity index (χ0n) is 15.4. The average Bonchev–Trinajstić information content (AvgIpc) is 2.64. The van der Waals surface area contributed by atoms with Crippen molar-refractivity contribution in [1.29, 1.82) is 0 Å². The Labute approximate surface area is 152 Å². The Bertz CT molecular complexity index is 702. The fourth-order valence-electron chi connectivity index (χ4n) is 3.00. The van der Waals surface area contributed by atoms with Crippen LogP contribution < -0.4 is 14.8 Å². The van der Waals surface area contributed by atoms with Crippen LogP contribution in [0.1, 0.15) is 24.5 Å². The molecule has 1 aliphatic rings. The molecule has 0 saturated heterocycles. The van der Waals surface area contributed by atoms with Gasteiger partial charge in [-0.25, -0.2) is 0 Å². The minimum absolute atomic E-state index is 0.403. The number of methoxy groups -OCH3 is 2. The van der Waals surface area contributed by atoms with Crippen molar-refractivity contribution < 1.29 is 24.3 Å². The molecule has 0 unspecified atom stereocenters. The van der Waals surface area contributed by atoms with Gasteiger partial charge in [-0.2, -0.15) is 0 Å². The van der Waals surface area contributed by atoms with E-state index in [1.165, 1.54) is 18.1 Å². The normalized spacial score (nSPS) is 14.5. The van der Waals surface area contributed by atoms with E-state index < -0.39 is 17.4 Å². The number of amides is 1. The quantitative estimate of drug-likeness (QED) is 0.235. The molecule has 0 aliphatic carbocycles. The third kappa shape index (κ3) is 4.72. The van der Waals surface area contributed by atoms with E-state index in [4.69, 9.17) is 14.7 Å². The summed E-state index contributed by atoms with van der Waals surface area (Å²) in [5.74, 6) is 0.248. The van der Waals surface area contributed by atoms with Crippen LogP contribution in [-0.4, -0.2) is 61.4 Å². The van der Waals surface area contributed by atoms with Crippen molar-refractivity contribution in [1.82, 2.24) is 10.2 Å². The molecule has 8 heteroatoms. The second-order valence-electron chi connectivity index (χ2n) is 6.12. The number of ether oxygens (including phenoxy) is 2. The van der Waals surface area contributed by atoms with Gasteiger partial charge < -0.3 is 20.0 Å². The summed E-state index contributed by atoms with van der Waals surface area (Å²) in [6.45, 7) is 4.12. The Morgan fingerprint density at radius 1 is 1.23 bits per heavy atom. The predicted octanol–water partition coefficient (Wildman–Crippen LogP) is 0.987. The number of oxime groups is 1. The first-order chi connectivity index (χ1) is 12.5. The van der Waals surface area contributed by atoms with Gasteiger partial charge >= 0.3 is 0 Å². The molecule has 0 spiro atoms. The van der Waals surface area contributed by atoms with Gasteiger partial charge in [-0.3, -0.25) is 14.5 Å².